The first kappa shape index (κ1) is 10.9. The van der Waals surface area contributed by atoms with Crippen LogP contribution >= 0.6 is 0 Å². The van der Waals surface area contributed by atoms with E-state index < -0.39 is 5.60 Å². The van der Waals surface area contributed by atoms with Crippen LogP contribution in [-0.4, -0.2) is 10.2 Å². The summed E-state index contributed by atoms with van der Waals surface area (Å²) in [6.45, 7) is 3.83. The molecule has 14 heavy (non-hydrogen) atoms. The Morgan fingerprint density at radius 3 is 2.29 bits per heavy atom. The van der Waals surface area contributed by atoms with Gasteiger partial charge in [-0.15, -0.1) is 0 Å². The molecule has 0 saturated carbocycles. The summed E-state index contributed by atoms with van der Waals surface area (Å²) >= 11 is 0. The van der Waals surface area contributed by atoms with E-state index in [0.717, 1.165) is 0 Å². The van der Waals surface area contributed by atoms with Crippen LogP contribution in [0.3, 0.4) is 0 Å². The first-order valence-corrected chi connectivity index (χ1v) is 4.85. The van der Waals surface area contributed by atoms with Crippen molar-refractivity contribution in [1.29, 1.82) is 0 Å². The summed E-state index contributed by atoms with van der Waals surface area (Å²) in [5.41, 5.74) is 5.68. The molecular formula is C11H17NO2. The van der Waals surface area contributed by atoms with Gasteiger partial charge in [0.05, 0.1) is 11.3 Å². The minimum Gasteiger partial charge on any atom is -0.506 e. The van der Waals surface area contributed by atoms with Crippen LogP contribution in [0.5, 0.6) is 5.75 Å². The van der Waals surface area contributed by atoms with Crippen molar-refractivity contribution < 1.29 is 10.2 Å². The summed E-state index contributed by atoms with van der Waals surface area (Å²) in [5, 5.41) is 19.6. The average Bonchev–Trinajstić information content (AvgIpc) is 2.21. The Balaban J connectivity index is 3.12. The summed E-state index contributed by atoms with van der Waals surface area (Å²) < 4.78 is 0. The summed E-state index contributed by atoms with van der Waals surface area (Å²) in [5.74, 6) is 0.0304. The van der Waals surface area contributed by atoms with E-state index >= 15 is 0 Å². The van der Waals surface area contributed by atoms with Gasteiger partial charge >= 0.3 is 0 Å². The number of aromatic hydroxyl groups is 1. The van der Waals surface area contributed by atoms with Crippen molar-refractivity contribution in [2.24, 2.45) is 0 Å². The van der Waals surface area contributed by atoms with E-state index in [4.69, 9.17) is 5.73 Å². The van der Waals surface area contributed by atoms with Crippen LogP contribution in [0.15, 0.2) is 18.2 Å². The maximum absolute atomic E-state index is 10.2. The molecule has 0 saturated heterocycles. The molecule has 0 fully saturated rings. The van der Waals surface area contributed by atoms with E-state index in [-0.39, 0.29) is 5.75 Å². The van der Waals surface area contributed by atoms with E-state index in [9.17, 15) is 10.2 Å². The van der Waals surface area contributed by atoms with Crippen molar-refractivity contribution >= 4 is 5.69 Å². The van der Waals surface area contributed by atoms with Crippen LogP contribution in [0.1, 0.15) is 32.3 Å². The normalized spacial score (nSPS) is 11.6. The third-order valence-electron chi connectivity index (χ3n) is 2.74. The summed E-state index contributed by atoms with van der Waals surface area (Å²) in [7, 11) is 0. The molecule has 78 valence electrons. The minimum absolute atomic E-state index is 0.0304. The number of benzene rings is 1. The molecule has 1 rings (SSSR count). The second-order valence-corrected chi connectivity index (χ2v) is 3.51. The number of hydrogen-bond acceptors (Lipinski definition) is 3. The van der Waals surface area contributed by atoms with Crippen molar-refractivity contribution in [3.05, 3.63) is 23.8 Å². The van der Waals surface area contributed by atoms with E-state index in [2.05, 4.69) is 0 Å². The van der Waals surface area contributed by atoms with Crippen molar-refractivity contribution in [2.45, 2.75) is 32.3 Å². The lowest BCUT2D eigenvalue weighted by Gasteiger charge is -2.26. The molecule has 0 aliphatic carbocycles. The average molecular weight is 195 g/mol. The molecule has 0 spiro atoms. The Morgan fingerprint density at radius 2 is 1.86 bits per heavy atom. The summed E-state index contributed by atoms with van der Waals surface area (Å²) in [6, 6.07) is 4.89. The highest BCUT2D eigenvalue weighted by Crippen LogP contribution is 2.32. The quantitative estimate of drug-likeness (QED) is 0.510. The lowest BCUT2D eigenvalue weighted by Crippen LogP contribution is -2.23. The minimum atomic E-state index is -0.856. The SMILES string of the molecule is CCC(O)(CC)c1ccc(N)c(O)c1. The van der Waals surface area contributed by atoms with Crippen molar-refractivity contribution in [2.75, 3.05) is 5.73 Å². The zero-order valence-electron chi connectivity index (χ0n) is 8.62. The number of phenols is 1. The number of nitrogens with two attached hydrogens (primary N) is 1. The number of rotatable bonds is 3. The number of hydrogen-bond donors (Lipinski definition) is 3. The standard InChI is InChI=1S/C11H17NO2/c1-3-11(14,4-2)8-5-6-9(12)10(13)7-8/h5-7,13-14H,3-4,12H2,1-2H3. The monoisotopic (exact) mass is 195 g/mol. The molecule has 3 heteroatoms. The zero-order valence-corrected chi connectivity index (χ0v) is 8.62. The fourth-order valence-electron chi connectivity index (χ4n) is 1.49. The van der Waals surface area contributed by atoms with Gasteiger partial charge in [-0.3, -0.25) is 0 Å². The van der Waals surface area contributed by atoms with Gasteiger partial charge in [-0.2, -0.15) is 0 Å². The second-order valence-electron chi connectivity index (χ2n) is 3.51. The predicted octanol–water partition coefficient (Wildman–Crippen LogP) is 1.98. The van der Waals surface area contributed by atoms with E-state index in [1.54, 1.807) is 12.1 Å². The summed E-state index contributed by atoms with van der Waals surface area (Å²) in [4.78, 5) is 0. The number of phenolic OH excluding ortho intramolecular Hbond substituents is 1. The van der Waals surface area contributed by atoms with Crippen LogP contribution < -0.4 is 5.73 Å². The van der Waals surface area contributed by atoms with Crippen LogP contribution in [0.2, 0.25) is 0 Å². The van der Waals surface area contributed by atoms with Crippen molar-refractivity contribution in [3.63, 3.8) is 0 Å². The van der Waals surface area contributed by atoms with Gasteiger partial charge in [0.2, 0.25) is 0 Å². The predicted molar refractivity (Wildman–Crippen MR) is 57.0 cm³/mol. The van der Waals surface area contributed by atoms with Crippen molar-refractivity contribution in [1.82, 2.24) is 0 Å². The van der Waals surface area contributed by atoms with Crippen LogP contribution in [-0.2, 0) is 5.60 Å². The molecule has 0 aromatic heterocycles. The molecular weight excluding hydrogens is 178 g/mol. The highest BCUT2D eigenvalue weighted by Gasteiger charge is 2.25. The second kappa shape index (κ2) is 3.88. The summed E-state index contributed by atoms with van der Waals surface area (Å²) in [6.07, 6.45) is 1.24. The van der Waals surface area contributed by atoms with Crippen molar-refractivity contribution in [3.8, 4) is 5.75 Å². The number of nitrogen functional groups attached to an aromatic ring is 1. The van der Waals surface area contributed by atoms with E-state index in [0.29, 0.717) is 24.1 Å². The molecule has 1 aromatic rings. The topological polar surface area (TPSA) is 66.5 Å². The maximum atomic E-state index is 10.2. The van der Waals surface area contributed by atoms with Crippen LogP contribution in [0, 0.1) is 0 Å². The fraction of sp³-hybridized carbons (Fsp3) is 0.455. The van der Waals surface area contributed by atoms with E-state index in [1.165, 1.54) is 6.07 Å². The maximum Gasteiger partial charge on any atom is 0.138 e. The third kappa shape index (κ3) is 1.82. The molecule has 0 radical (unpaired) electrons. The van der Waals surface area contributed by atoms with Gasteiger partial charge in [0.15, 0.2) is 0 Å². The molecule has 3 nitrogen and oxygen atoms in total. The highest BCUT2D eigenvalue weighted by molar-refractivity contribution is 5.53. The van der Waals surface area contributed by atoms with Gasteiger partial charge in [-0.05, 0) is 30.5 Å². The molecule has 0 heterocycles. The number of aliphatic hydroxyl groups is 1. The Bertz CT molecular complexity index is 319. The molecule has 1 aromatic carbocycles. The molecule has 4 N–H and O–H groups in total. The lowest BCUT2D eigenvalue weighted by molar-refractivity contribution is 0.0282. The van der Waals surface area contributed by atoms with Gasteiger partial charge in [-0.25, -0.2) is 0 Å². The Labute approximate surface area is 84.2 Å². The van der Waals surface area contributed by atoms with Gasteiger partial charge in [0.1, 0.15) is 5.75 Å². The fourth-order valence-corrected chi connectivity index (χ4v) is 1.49. The number of anilines is 1. The molecule has 0 aliphatic rings. The Morgan fingerprint density at radius 1 is 1.29 bits per heavy atom. The highest BCUT2D eigenvalue weighted by atomic mass is 16.3. The van der Waals surface area contributed by atoms with Gasteiger partial charge < -0.3 is 15.9 Å². The smallest absolute Gasteiger partial charge is 0.138 e. The van der Waals surface area contributed by atoms with Gasteiger partial charge in [0.25, 0.3) is 0 Å². The Kier molecular flexibility index (Phi) is 3.01. The van der Waals surface area contributed by atoms with E-state index in [1.807, 2.05) is 13.8 Å². The third-order valence-corrected chi connectivity index (χ3v) is 2.74. The molecule has 0 unspecified atom stereocenters. The molecule has 0 amide bonds. The molecule has 0 aliphatic heterocycles. The van der Waals surface area contributed by atoms with Gasteiger partial charge in [0, 0.05) is 0 Å². The molecule has 0 atom stereocenters. The Hall–Kier alpha value is -1.22. The van der Waals surface area contributed by atoms with Gasteiger partial charge in [-0.1, -0.05) is 19.9 Å². The van der Waals surface area contributed by atoms with Crippen LogP contribution in [0.4, 0.5) is 5.69 Å². The lowest BCUT2D eigenvalue weighted by atomic mass is 9.88. The first-order chi connectivity index (χ1) is 6.53. The zero-order chi connectivity index (χ0) is 10.8. The largest absolute Gasteiger partial charge is 0.506 e. The van der Waals surface area contributed by atoms with Crippen LogP contribution in [0.25, 0.3) is 0 Å². The first-order valence-electron chi connectivity index (χ1n) is 4.85. The molecule has 0 bridgehead atoms.